The van der Waals surface area contributed by atoms with E-state index in [0.717, 1.165) is 81.2 Å². The molecule has 0 atom stereocenters. The first-order valence-electron chi connectivity index (χ1n) is 13.4. The van der Waals surface area contributed by atoms with Crippen molar-refractivity contribution < 1.29 is 0 Å². The maximum atomic E-state index is 5.07. The van der Waals surface area contributed by atoms with Crippen molar-refractivity contribution in [2.24, 2.45) is 0 Å². The van der Waals surface area contributed by atoms with Gasteiger partial charge >= 0.3 is 0 Å². The summed E-state index contributed by atoms with van der Waals surface area (Å²) in [4.78, 5) is 17.5. The Morgan fingerprint density at radius 2 is 1.98 bits per heavy atom. The lowest BCUT2D eigenvalue weighted by Gasteiger charge is -2.13. The van der Waals surface area contributed by atoms with E-state index in [2.05, 4.69) is 82.8 Å². The lowest BCUT2D eigenvalue weighted by molar-refractivity contribution is 0.751. The number of nitrogens with zero attached hydrogens (tertiary/aromatic N) is 3. The monoisotopic (exact) mass is 530 g/mol. The minimum Gasteiger partial charge on any atom is -0.387 e. The first kappa shape index (κ1) is 29.7. The van der Waals surface area contributed by atoms with Gasteiger partial charge in [0.25, 0.3) is 0 Å². The Balaban J connectivity index is 0.00000216. The van der Waals surface area contributed by atoms with E-state index in [-0.39, 0.29) is 0 Å². The topological polar surface area (TPSA) is 78.5 Å². The van der Waals surface area contributed by atoms with Gasteiger partial charge in [-0.25, -0.2) is 0 Å². The third-order valence-corrected chi connectivity index (χ3v) is 6.43. The predicted octanol–water partition coefficient (Wildman–Crippen LogP) is 7.67. The number of nitrogens with one attached hydrogen (secondary N) is 3. The zero-order chi connectivity index (χ0) is 28.9. The molecule has 0 aromatic carbocycles. The summed E-state index contributed by atoms with van der Waals surface area (Å²) >= 11 is 0. The van der Waals surface area contributed by atoms with Crippen LogP contribution in [0.15, 0.2) is 97.8 Å². The van der Waals surface area contributed by atoms with Gasteiger partial charge in [0.05, 0.1) is 22.8 Å². The molecule has 6 nitrogen and oxygen atoms in total. The molecule has 0 bridgehead atoms. The van der Waals surface area contributed by atoms with Gasteiger partial charge in [-0.05, 0) is 73.9 Å². The van der Waals surface area contributed by atoms with Gasteiger partial charge in [0, 0.05) is 65.6 Å². The van der Waals surface area contributed by atoms with Crippen molar-refractivity contribution in [1.82, 2.24) is 25.3 Å². The molecule has 0 spiro atoms. The standard InChI is InChI=1S/C32H36N6.C2H2/c1-6-9-11-22(4)36-25(8-3)18-23(7-2)28-13-14-30(33-5)31(38-28)20-26-19-27-29(37-26)15-17-35-32(27)24-12-10-16-34-21-24;1-2/h7-8,10,12-19,21,33,36-37H,3-4,6,9,11,20H2,1-2,5H3;1-2H/b23-7+,25-18+;. The zero-order valence-corrected chi connectivity index (χ0v) is 23.7. The fourth-order valence-electron chi connectivity index (χ4n) is 4.42. The van der Waals surface area contributed by atoms with E-state index in [1.54, 1.807) is 6.20 Å². The molecule has 0 aliphatic rings. The summed E-state index contributed by atoms with van der Waals surface area (Å²) in [6, 6.07) is 12.3. The molecule has 0 aliphatic carbocycles. The number of unbranched alkanes of at least 4 members (excludes halogenated alkanes) is 1. The van der Waals surface area contributed by atoms with Crippen LogP contribution in [0.5, 0.6) is 0 Å². The van der Waals surface area contributed by atoms with Gasteiger partial charge in [-0.2, -0.15) is 0 Å². The summed E-state index contributed by atoms with van der Waals surface area (Å²) in [5.41, 5.74) is 9.78. The van der Waals surface area contributed by atoms with E-state index < -0.39 is 0 Å². The first-order valence-corrected chi connectivity index (χ1v) is 13.4. The van der Waals surface area contributed by atoms with E-state index in [9.17, 15) is 0 Å². The van der Waals surface area contributed by atoms with Gasteiger partial charge in [-0.3, -0.25) is 15.0 Å². The number of pyridine rings is 3. The van der Waals surface area contributed by atoms with Crippen LogP contribution in [0.25, 0.3) is 27.7 Å². The smallest absolute Gasteiger partial charge is 0.0811 e. The summed E-state index contributed by atoms with van der Waals surface area (Å²) in [5, 5.41) is 7.76. The van der Waals surface area contributed by atoms with E-state index in [1.165, 1.54) is 0 Å². The number of aromatic nitrogens is 4. The fraction of sp³-hybridized carbons (Fsp3) is 0.206. The summed E-state index contributed by atoms with van der Waals surface area (Å²) in [5.74, 6) is 0. The highest BCUT2D eigenvalue weighted by atomic mass is 14.9. The second-order valence-electron chi connectivity index (χ2n) is 9.15. The van der Waals surface area contributed by atoms with E-state index >= 15 is 0 Å². The van der Waals surface area contributed by atoms with Gasteiger partial charge in [0.15, 0.2) is 0 Å². The normalized spacial score (nSPS) is 11.4. The second kappa shape index (κ2) is 14.9. The molecule has 0 saturated heterocycles. The van der Waals surface area contributed by atoms with Crippen LogP contribution in [0, 0.1) is 12.8 Å². The van der Waals surface area contributed by atoms with Crippen LogP contribution in [-0.4, -0.2) is 27.0 Å². The Bertz CT molecular complexity index is 1520. The average Bonchev–Trinajstić information content (AvgIpc) is 3.42. The highest BCUT2D eigenvalue weighted by Crippen LogP contribution is 2.29. The molecule has 3 N–H and O–H groups in total. The predicted molar refractivity (Wildman–Crippen MR) is 170 cm³/mol. The molecule has 4 heterocycles. The Kier molecular flexibility index (Phi) is 11.0. The van der Waals surface area contributed by atoms with Gasteiger partial charge in [0.2, 0.25) is 0 Å². The summed E-state index contributed by atoms with van der Waals surface area (Å²) < 4.78 is 0. The van der Waals surface area contributed by atoms with Gasteiger partial charge in [0.1, 0.15) is 0 Å². The molecule has 40 heavy (non-hydrogen) atoms. The van der Waals surface area contributed by atoms with Crippen LogP contribution < -0.4 is 10.6 Å². The lowest BCUT2D eigenvalue weighted by atomic mass is 10.1. The fourth-order valence-corrected chi connectivity index (χ4v) is 4.42. The van der Waals surface area contributed by atoms with Crippen LogP contribution in [0.1, 0.15) is 50.2 Å². The number of aromatic amines is 1. The molecule has 4 rings (SSSR count). The number of anilines is 1. The first-order chi connectivity index (χ1) is 19.6. The van der Waals surface area contributed by atoms with Crippen LogP contribution in [0.3, 0.4) is 0 Å². The van der Waals surface area contributed by atoms with Crippen LogP contribution in [0.4, 0.5) is 5.69 Å². The molecule has 0 aliphatic heterocycles. The van der Waals surface area contributed by atoms with E-state index in [0.29, 0.717) is 6.42 Å². The Hall–Kier alpha value is -4.89. The highest BCUT2D eigenvalue weighted by Gasteiger charge is 2.13. The van der Waals surface area contributed by atoms with Crippen molar-refractivity contribution in [3.05, 3.63) is 115 Å². The quantitative estimate of drug-likeness (QED) is 0.129. The maximum absolute atomic E-state index is 5.07. The lowest BCUT2D eigenvalue weighted by Crippen LogP contribution is -2.10. The number of H-pyrrole nitrogens is 1. The number of hydrogen-bond donors (Lipinski definition) is 3. The number of hydrogen-bond acceptors (Lipinski definition) is 5. The highest BCUT2D eigenvalue weighted by molar-refractivity contribution is 5.93. The molecule has 0 amide bonds. The van der Waals surface area contributed by atoms with Crippen molar-refractivity contribution in [2.75, 3.05) is 12.4 Å². The molecule has 0 unspecified atom stereocenters. The molecule has 4 aromatic heterocycles. The van der Waals surface area contributed by atoms with Crippen LogP contribution in [0.2, 0.25) is 0 Å². The zero-order valence-electron chi connectivity index (χ0n) is 23.7. The molecule has 6 heteroatoms. The van der Waals surface area contributed by atoms with Crippen LogP contribution in [-0.2, 0) is 6.42 Å². The average molecular weight is 531 g/mol. The molecule has 0 saturated carbocycles. The molecule has 0 radical (unpaired) electrons. The molecular weight excluding hydrogens is 492 g/mol. The third-order valence-electron chi connectivity index (χ3n) is 6.43. The van der Waals surface area contributed by atoms with Crippen molar-refractivity contribution in [2.45, 2.75) is 39.5 Å². The minimum absolute atomic E-state index is 0.645. The van der Waals surface area contributed by atoms with Crippen molar-refractivity contribution in [3.8, 4) is 24.1 Å². The van der Waals surface area contributed by atoms with Crippen LogP contribution >= 0.6 is 0 Å². The molecule has 0 fully saturated rings. The molecule has 204 valence electrons. The summed E-state index contributed by atoms with van der Waals surface area (Å²) in [6.45, 7) is 12.3. The Morgan fingerprint density at radius 1 is 1.15 bits per heavy atom. The minimum atomic E-state index is 0.645. The van der Waals surface area contributed by atoms with E-state index in [4.69, 9.17) is 4.98 Å². The summed E-state index contributed by atoms with van der Waals surface area (Å²) in [6.07, 6.45) is 23.2. The van der Waals surface area contributed by atoms with Crippen molar-refractivity contribution >= 4 is 22.2 Å². The summed E-state index contributed by atoms with van der Waals surface area (Å²) in [7, 11) is 1.92. The maximum Gasteiger partial charge on any atom is 0.0811 e. The number of rotatable bonds is 12. The van der Waals surface area contributed by atoms with Gasteiger partial charge in [-0.1, -0.05) is 32.6 Å². The Morgan fingerprint density at radius 3 is 2.65 bits per heavy atom. The SMILES string of the molecule is C#C.C=C/C(=C\C(=C/C)c1ccc(NC)c(Cc2cc3c(-c4cccnc4)nccc3[nH]2)n1)NC(=C)CCCC. The van der Waals surface area contributed by atoms with Crippen molar-refractivity contribution in [3.63, 3.8) is 0 Å². The van der Waals surface area contributed by atoms with Crippen molar-refractivity contribution in [1.29, 1.82) is 0 Å². The second-order valence-corrected chi connectivity index (χ2v) is 9.15. The molecule has 4 aromatic rings. The number of fused-ring (bicyclic) bond motifs is 1. The van der Waals surface area contributed by atoms with Gasteiger partial charge < -0.3 is 15.6 Å². The third kappa shape index (κ3) is 7.36. The van der Waals surface area contributed by atoms with E-state index in [1.807, 2.05) is 56.7 Å². The molecular formula is C34H38N6. The number of allylic oxidation sites excluding steroid dienone is 5. The largest absolute Gasteiger partial charge is 0.387 e. The Labute approximate surface area is 238 Å². The van der Waals surface area contributed by atoms with Gasteiger partial charge in [-0.15, -0.1) is 12.8 Å². The number of terminal acetylenes is 1.